The number of rotatable bonds is 7. The van der Waals surface area contributed by atoms with Gasteiger partial charge in [0.2, 0.25) is 5.91 Å². The van der Waals surface area contributed by atoms with Gasteiger partial charge >= 0.3 is 0 Å². The lowest BCUT2D eigenvalue weighted by atomic mass is 10.4. The first-order chi connectivity index (χ1) is 6.68. The molecule has 0 radical (unpaired) electrons. The van der Waals surface area contributed by atoms with Crippen molar-refractivity contribution in [3.05, 3.63) is 0 Å². The molecule has 4 nitrogen and oxygen atoms in total. The van der Waals surface area contributed by atoms with Gasteiger partial charge in [-0.05, 0) is 18.8 Å². The molecule has 3 N–H and O–H groups in total. The molecule has 5 heteroatoms. The Morgan fingerprint density at radius 3 is 2.86 bits per heavy atom. The molecular formula is C9H16N2O2S. The molecule has 0 aliphatic heterocycles. The third kappa shape index (κ3) is 5.88. The van der Waals surface area contributed by atoms with E-state index in [2.05, 4.69) is 17.5 Å². The summed E-state index contributed by atoms with van der Waals surface area (Å²) in [5, 5.41) is 2.68. The Kier molecular flexibility index (Phi) is 4.82. The highest BCUT2D eigenvalue weighted by Gasteiger charge is 2.20. The van der Waals surface area contributed by atoms with E-state index in [-0.39, 0.29) is 17.3 Å². The lowest BCUT2D eigenvalue weighted by molar-refractivity contribution is -0.120. The quantitative estimate of drug-likeness (QED) is 0.471. The van der Waals surface area contributed by atoms with Crippen LogP contribution in [0.1, 0.15) is 19.3 Å². The van der Waals surface area contributed by atoms with Crippen LogP contribution in [0.2, 0.25) is 0 Å². The van der Waals surface area contributed by atoms with Crippen LogP contribution in [0.5, 0.6) is 0 Å². The minimum Gasteiger partial charge on any atom is -0.393 e. The van der Waals surface area contributed by atoms with Crippen LogP contribution < -0.4 is 11.1 Å². The first kappa shape index (κ1) is 11.4. The molecule has 0 atom stereocenters. The van der Waals surface area contributed by atoms with E-state index in [1.807, 2.05) is 0 Å². The maximum absolute atomic E-state index is 11.0. The van der Waals surface area contributed by atoms with Gasteiger partial charge < -0.3 is 15.8 Å². The van der Waals surface area contributed by atoms with Crippen molar-refractivity contribution in [1.82, 2.24) is 5.32 Å². The van der Waals surface area contributed by atoms with Gasteiger partial charge in [-0.15, -0.1) is 0 Å². The Morgan fingerprint density at radius 1 is 1.57 bits per heavy atom. The molecule has 0 unspecified atom stereocenters. The van der Waals surface area contributed by atoms with Gasteiger partial charge in [0.1, 0.15) is 0 Å². The molecule has 1 amide bonds. The van der Waals surface area contributed by atoms with Gasteiger partial charge in [0, 0.05) is 13.2 Å². The molecule has 0 heterocycles. The van der Waals surface area contributed by atoms with Crippen LogP contribution in [0.15, 0.2) is 0 Å². The highest BCUT2D eigenvalue weighted by molar-refractivity contribution is 7.80. The van der Waals surface area contributed by atoms with E-state index in [1.54, 1.807) is 0 Å². The van der Waals surface area contributed by atoms with Crippen molar-refractivity contribution in [2.75, 3.05) is 19.8 Å². The molecular weight excluding hydrogens is 200 g/mol. The maximum atomic E-state index is 11.0. The van der Waals surface area contributed by atoms with Crippen molar-refractivity contribution >= 4 is 23.1 Å². The maximum Gasteiger partial charge on any atom is 0.226 e. The molecule has 14 heavy (non-hydrogen) atoms. The summed E-state index contributed by atoms with van der Waals surface area (Å²) in [6.45, 7) is 1.93. The summed E-state index contributed by atoms with van der Waals surface area (Å²) in [7, 11) is 0. The molecule has 80 valence electrons. The third-order valence-corrected chi connectivity index (χ3v) is 2.10. The van der Waals surface area contributed by atoms with E-state index in [9.17, 15) is 4.79 Å². The Morgan fingerprint density at radius 2 is 2.29 bits per heavy atom. The standard InChI is InChI=1S/C9H16N2O2S/c10-8(14)5-9(12)11-3-4-13-6-7-1-2-7/h7H,1-6H2,(H2,10,14)(H,11,12). The number of thiocarbonyl (C=S) groups is 1. The highest BCUT2D eigenvalue weighted by atomic mass is 32.1. The van der Waals surface area contributed by atoms with Gasteiger partial charge in [0.25, 0.3) is 0 Å². The largest absolute Gasteiger partial charge is 0.393 e. The average Bonchev–Trinajstić information content (AvgIpc) is 2.86. The minimum absolute atomic E-state index is 0.123. The van der Waals surface area contributed by atoms with Crippen molar-refractivity contribution in [3.63, 3.8) is 0 Å². The second kappa shape index (κ2) is 5.93. The summed E-state index contributed by atoms with van der Waals surface area (Å²) in [5.41, 5.74) is 5.21. The summed E-state index contributed by atoms with van der Waals surface area (Å²) in [6, 6.07) is 0. The number of carbonyl (C=O) groups excluding carboxylic acids is 1. The van der Waals surface area contributed by atoms with Gasteiger partial charge in [0.15, 0.2) is 0 Å². The van der Waals surface area contributed by atoms with Crippen molar-refractivity contribution in [2.24, 2.45) is 11.7 Å². The summed E-state index contributed by atoms with van der Waals surface area (Å²) < 4.78 is 5.33. The zero-order valence-electron chi connectivity index (χ0n) is 8.12. The number of hydrogen-bond donors (Lipinski definition) is 2. The zero-order valence-corrected chi connectivity index (χ0v) is 8.94. The van der Waals surface area contributed by atoms with E-state index in [1.165, 1.54) is 12.8 Å². The van der Waals surface area contributed by atoms with E-state index in [0.29, 0.717) is 13.2 Å². The number of nitrogens with one attached hydrogen (secondary N) is 1. The summed E-state index contributed by atoms with van der Waals surface area (Å²) in [4.78, 5) is 11.3. The molecule has 1 rings (SSSR count). The molecule has 0 aromatic heterocycles. The molecule has 0 aromatic rings. The predicted octanol–water partition coefficient (Wildman–Crippen LogP) is 0.205. The van der Waals surface area contributed by atoms with Gasteiger partial charge in [-0.1, -0.05) is 12.2 Å². The smallest absolute Gasteiger partial charge is 0.226 e. The van der Waals surface area contributed by atoms with Gasteiger partial charge in [-0.2, -0.15) is 0 Å². The van der Waals surface area contributed by atoms with Crippen LogP contribution in [-0.2, 0) is 9.53 Å². The van der Waals surface area contributed by atoms with Crippen LogP contribution in [0.4, 0.5) is 0 Å². The summed E-state index contributed by atoms with van der Waals surface area (Å²) in [6.07, 6.45) is 2.69. The number of nitrogens with two attached hydrogens (primary N) is 1. The van der Waals surface area contributed by atoms with E-state index in [0.717, 1.165) is 12.5 Å². The molecule has 1 aliphatic carbocycles. The zero-order chi connectivity index (χ0) is 10.4. The van der Waals surface area contributed by atoms with Gasteiger partial charge in [-0.25, -0.2) is 0 Å². The van der Waals surface area contributed by atoms with Crippen LogP contribution in [0.3, 0.4) is 0 Å². The Balaban J connectivity index is 1.86. The highest BCUT2D eigenvalue weighted by Crippen LogP contribution is 2.28. The van der Waals surface area contributed by atoms with Gasteiger partial charge in [0.05, 0.1) is 18.0 Å². The second-order valence-electron chi connectivity index (χ2n) is 3.51. The van der Waals surface area contributed by atoms with Crippen LogP contribution >= 0.6 is 12.2 Å². The molecule has 1 aliphatic rings. The van der Waals surface area contributed by atoms with E-state index >= 15 is 0 Å². The summed E-state index contributed by atoms with van der Waals surface area (Å²) in [5.74, 6) is 0.634. The first-order valence-electron chi connectivity index (χ1n) is 4.81. The lowest BCUT2D eigenvalue weighted by Gasteiger charge is -2.05. The second-order valence-corrected chi connectivity index (χ2v) is 4.04. The Hall–Kier alpha value is -0.680. The van der Waals surface area contributed by atoms with Gasteiger partial charge in [-0.3, -0.25) is 4.79 Å². The van der Waals surface area contributed by atoms with Crippen molar-refractivity contribution in [2.45, 2.75) is 19.3 Å². The minimum atomic E-state index is -0.132. The van der Waals surface area contributed by atoms with Crippen molar-refractivity contribution in [3.8, 4) is 0 Å². The molecule has 0 aromatic carbocycles. The van der Waals surface area contributed by atoms with Crippen molar-refractivity contribution < 1.29 is 9.53 Å². The number of ether oxygens (including phenoxy) is 1. The van der Waals surface area contributed by atoms with E-state index < -0.39 is 0 Å². The monoisotopic (exact) mass is 216 g/mol. The average molecular weight is 216 g/mol. The number of carbonyl (C=O) groups is 1. The Labute approximate surface area is 89.2 Å². The lowest BCUT2D eigenvalue weighted by Crippen LogP contribution is -2.30. The normalized spacial score (nSPS) is 15.1. The molecule has 0 spiro atoms. The predicted molar refractivity (Wildman–Crippen MR) is 58.0 cm³/mol. The SMILES string of the molecule is NC(=S)CC(=O)NCCOCC1CC1. The fraction of sp³-hybridized carbons (Fsp3) is 0.778. The third-order valence-electron chi connectivity index (χ3n) is 1.95. The van der Waals surface area contributed by atoms with Crippen LogP contribution in [-0.4, -0.2) is 30.7 Å². The van der Waals surface area contributed by atoms with E-state index in [4.69, 9.17) is 10.5 Å². The molecule has 0 bridgehead atoms. The van der Waals surface area contributed by atoms with Crippen LogP contribution in [0, 0.1) is 5.92 Å². The Bertz CT molecular complexity index is 217. The van der Waals surface area contributed by atoms with Crippen molar-refractivity contribution in [1.29, 1.82) is 0 Å². The molecule has 1 fully saturated rings. The fourth-order valence-corrected chi connectivity index (χ4v) is 1.15. The molecule has 1 saturated carbocycles. The first-order valence-corrected chi connectivity index (χ1v) is 5.22. The number of hydrogen-bond acceptors (Lipinski definition) is 3. The summed E-state index contributed by atoms with van der Waals surface area (Å²) >= 11 is 4.60. The fourth-order valence-electron chi connectivity index (χ4n) is 1.02. The topological polar surface area (TPSA) is 64.4 Å². The number of amides is 1. The molecule has 0 saturated heterocycles. The van der Waals surface area contributed by atoms with Crippen LogP contribution in [0.25, 0.3) is 0 Å².